The van der Waals surface area contributed by atoms with Gasteiger partial charge in [-0.05, 0) is 50.3 Å². The maximum absolute atomic E-state index is 13.9. The summed E-state index contributed by atoms with van der Waals surface area (Å²) >= 11 is 6.32. The number of pyridine rings is 1. The molecule has 2 fully saturated rings. The lowest BCUT2D eigenvalue weighted by atomic mass is 9.81. The van der Waals surface area contributed by atoms with E-state index in [1.54, 1.807) is 44.2 Å². The number of halogens is 3. The van der Waals surface area contributed by atoms with Crippen LogP contribution in [0.2, 0.25) is 5.02 Å². The van der Waals surface area contributed by atoms with Crippen LogP contribution in [0.5, 0.6) is 5.88 Å². The summed E-state index contributed by atoms with van der Waals surface area (Å²) in [4.78, 5) is 26.3. The number of carboxylic acid groups (broad SMARTS) is 1. The number of nitrogens with zero attached hydrogens (tertiary/aromatic N) is 4. The second-order valence-corrected chi connectivity index (χ2v) is 14.9. The second kappa shape index (κ2) is 10.5. The Hall–Kier alpha value is -3.58. The van der Waals surface area contributed by atoms with Gasteiger partial charge in [-0.25, -0.2) is 36.9 Å². The Kier molecular flexibility index (Phi) is 7.23. The molecule has 2 aliphatic heterocycles. The van der Waals surface area contributed by atoms with Gasteiger partial charge in [0.15, 0.2) is 27.1 Å². The van der Waals surface area contributed by atoms with Gasteiger partial charge in [0.25, 0.3) is 6.43 Å². The van der Waals surface area contributed by atoms with Gasteiger partial charge in [-0.1, -0.05) is 30.7 Å². The number of hydrogen-bond donors (Lipinski definition) is 1. The highest BCUT2D eigenvalue weighted by Crippen LogP contribution is 2.46. The lowest BCUT2D eigenvalue weighted by Gasteiger charge is -2.39. The van der Waals surface area contributed by atoms with Crippen LogP contribution >= 0.6 is 11.6 Å². The lowest BCUT2D eigenvalue weighted by molar-refractivity contribution is -0.138. The number of para-hydroxylation sites is 1. The summed E-state index contributed by atoms with van der Waals surface area (Å²) in [5, 5.41) is 11.0. The van der Waals surface area contributed by atoms with Gasteiger partial charge in [-0.2, -0.15) is 0 Å². The summed E-state index contributed by atoms with van der Waals surface area (Å²) < 4.78 is 64.7. The monoisotopic (exact) mass is 634 g/mol. The molecule has 2 saturated heterocycles. The zero-order valence-electron chi connectivity index (χ0n) is 23.5. The fraction of sp³-hybridized carbons (Fsp3) is 0.448. The van der Waals surface area contributed by atoms with Crippen LogP contribution < -0.4 is 9.64 Å². The summed E-state index contributed by atoms with van der Waals surface area (Å²) in [5.74, 6) is -2.27. The third-order valence-corrected chi connectivity index (χ3v) is 11.5. The molecule has 0 bridgehead atoms. The minimum atomic E-state index is -3.33. The summed E-state index contributed by atoms with van der Waals surface area (Å²) in [5.41, 5.74) is 1.30. The molecule has 1 N–H and O–H groups in total. The number of fused-ring (bicyclic) bond motifs is 3. The standard InChI is InChI=1S/C29H29ClF2N4O6S/c1-14-13-43(39,40)29(2,3)10-19(14)18-8-15(30)11-33-27(18)41-16-9-20(28(37)38)36(12-16)26-23-22(34-25(35-26)24(31)32)17-6-4-5-7-21(17)42-23/h4-8,11,14,16,19-20,24H,9-10,12-13H2,1-3H3,(H,37,38)/t14-,16-,19?,20-/m0/s1. The Morgan fingerprint density at radius 3 is 2.72 bits per heavy atom. The van der Waals surface area contributed by atoms with E-state index in [0.717, 1.165) is 0 Å². The van der Waals surface area contributed by atoms with Crippen molar-refractivity contribution in [2.75, 3.05) is 17.2 Å². The maximum atomic E-state index is 13.9. The van der Waals surface area contributed by atoms with E-state index in [1.165, 1.54) is 11.1 Å². The van der Waals surface area contributed by atoms with Crippen molar-refractivity contribution in [1.82, 2.24) is 15.0 Å². The van der Waals surface area contributed by atoms with E-state index >= 15 is 0 Å². The van der Waals surface area contributed by atoms with E-state index in [-0.39, 0.29) is 53.4 Å². The first-order valence-corrected chi connectivity index (χ1v) is 15.8. The average molecular weight is 635 g/mol. The van der Waals surface area contributed by atoms with Crippen molar-refractivity contribution in [3.8, 4) is 5.88 Å². The van der Waals surface area contributed by atoms with Gasteiger partial charge in [0, 0.05) is 23.6 Å². The second-order valence-electron chi connectivity index (χ2n) is 11.8. The Labute approximate surface area is 250 Å². The minimum absolute atomic E-state index is 0.00505. The van der Waals surface area contributed by atoms with Crippen LogP contribution in [0.3, 0.4) is 0 Å². The van der Waals surface area contributed by atoms with E-state index in [0.29, 0.717) is 28.0 Å². The predicted molar refractivity (Wildman–Crippen MR) is 156 cm³/mol. The number of hydrogen-bond acceptors (Lipinski definition) is 9. The number of carboxylic acids is 1. The van der Waals surface area contributed by atoms with Crippen LogP contribution in [0.1, 0.15) is 57.3 Å². The van der Waals surface area contributed by atoms with Gasteiger partial charge in [0.05, 0.1) is 22.1 Å². The van der Waals surface area contributed by atoms with Crippen LogP contribution in [0, 0.1) is 5.92 Å². The number of ether oxygens (including phenoxy) is 1. The van der Waals surface area contributed by atoms with Crippen molar-refractivity contribution >= 4 is 55.3 Å². The van der Waals surface area contributed by atoms with E-state index in [9.17, 15) is 27.1 Å². The number of benzene rings is 1. The molecule has 0 aliphatic carbocycles. The Morgan fingerprint density at radius 1 is 1.26 bits per heavy atom. The zero-order valence-corrected chi connectivity index (χ0v) is 25.1. The van der Waals surface area contributed by atoms with E-state index in [4.69, 9.17) is 20.8 Å². The number of anilines is 1. The molecule has 43 heavy (non-hydrogen) atoms. The van der Waals surface area contributed by atoms with E-state index in [2.05, 4.69) is 15.0 Å². The highest BCUT2D eigenvalue weighted by Gasteiger charge is 2.46. The van der Waals surface area contributed by atoms with E-state index in [1.807, 2.05) is 6.92 Å². The van der Waals surface area contributed by atoms with Crippen molar-refractivity contribution in [3.63, 3.8) is 0 Å². The summed E-state index contributed by atoms with van der Waals surface area (Å²) in [7, 11) is -3.33. The molecule has 228 valence electrons. The molecule has 4 atom stereocenters. The normalized spacial score (nSPS) is 25.0. The largest absolute Gasteiger partial charge is 0.480 e. The highest BCUT2D eigenvalue weighted by atomic mass is 35.5. The van der Waals surface area contributed by atoms with Crippen molar-refractivity contribution in [2.24, 2.45) is 5.92 Å². The molecule has 3 aromatic heterocycles. The first-order valence-electron chi connectivity index (χ1n) is 13.8. The van der Waals surface area contributed by atoms with Crippen LogP contribution in [0.4, 0.5) is 14.6 Å². The number of aliphatic carboxylic acids is 1. The molecular formula is C29H29ClF2N4O6S. The van der Waals surface area contributed by atoms with Gasteiger partial charge in [-0.3, -0.25) is 0 Å². The molecular weight excluding hydrogens is 606 g/mol. The molecule has 4 aromatic rings. The molecule has 2 aliphatic rings. The van der Waals surface area contributed by atoms with Crippen molar-refractivity contribution in [3.05, 3.63) is 52.9 Å². The fourth-order valence-corrected chi connectivity index (χ4v) is 8.14. The lowest BCUT2D eigenvalue weighted by Crippen LogP contribution is -2.44. The predicted octanol–water partition coefficient (Wildman–Crippen LogP) is 5.79. The molecule has 0 spiro atoms. The number of carbonyl (C=O) groups is 1. The number of aromatic nitrogens is 3. The molecule has 1 unspecified atom stereocenters. The van der Waals surface area contributed by atoms with E-state index < -0.39 is 44.9 Å². The van der Waals surface area contributed by atoms with Gasteiger partial charge in [0.1, 0.15) is 23.2 Å². The summed E-state index contributed by atoms with van der Waals surface area (Å²) in [6.45, 7) is 5.22. The number of alkyl halides is 2. The van der Waals surface area contributed by atoms with Crippen molar-refractivity contribution in [2.45, 2.75) is 62.8 Å². The molecule has 5 heterocycles. The van der Waals surface area contributed by atoms with Gasteiger partial charge in [0.2, 0.25) is 5.88 Å². The fourth-order valence-electron chi connectivity index (χ4n) is 6.16. The topological polar surface area (TPSA) is 136 Å². The number of rotatable bonds is 6. The third kappa shape index (κ3) is 5.16. The van der Waals surface area contributed by atoms with Crippen LogP contribution in [-0.2, 0) is 14.6 Å². The molecule has 14 heteroatoms. The quantitative estimate of drug-likeness (QED) is 0.278. The smallest absolute Gasteiger partial charge is 0.326 e. The van der Waals surface area contributed by atoms with Gasteiger partial charge in [-0.15, -0.1) is 0 Å². The molecule has 0 amide bonds. The van der Waals surface area contributed by atoms with Gasteiger partial charge >= 0.3 is 5.97 Å². The number of sulfone groups is 1. The first-order chi connectivity index (χ1) is 20.3. The SMILES string of the molecule is C[C@H]1CS(=O)(=O)C(C)(C)CC1c1cc(Cl)cnc1O[C@H]1C[C@@H](C(=O)O)N(c2nc(C(F)F)nc3c2oc2ccccc23)C1. The first kappa shape index (κ1) is 29.5. The number of furan rings is 1. The Balaban J connectivity index is 1.37. The molecule has 1 aromatic carbocycles. The van der Waals surface area contributed by atoms with Crippen molar-refractivity contribution in [1.29, 1.82) is 0 Å². The third-order valence-electron chi connectivity index (χ3n) is 8.48. The Morgan fingerprint density at radius 2 is 2.00 bits per heavy atom. The molecule has 0 radical (unpaired) electrons. The molecule has 0 saturated carbocycles. The zero-order chi connectivity index (χ0) is 30.8. The van der Waals surface area contributed by atoms with Crippen LogP contribution in [0.25, 0.3) is 22.1 Å². The van der Waals surface area contributed by atoms with Crippen LogP contribution in [-0.4, -0.2) is 63.6 Å². The summed E-state index contributed by atoms with van der Waals surface area (Å²) in [6.07, 6.45) is -2.00. The van der Waals surface area contributed by atoms with Crippen LogP contribution in [0.15, 0.2) is 40.9 Å². The Bertz CT molecular complexity index is 1850. The van der Waals surface area contributed by atoms with Gasteiger partial charge < -0.3 is 19.2 Å². The average Bonchev–Trinajstić information content (AvgIpc) is 3.53. The maximum Gasteiger partial charge on any atom is 0.326 e. The minimum Gasteiger partial charge on any atom is -0.480 e. The summed E-state index contributed by atoms with van der Waals surface area (Å²) in [6, 6.07) is 7.34. The molecule has 10 nitrogen and oxygen atoms in total. The molecule has 6 rings (SSSR count). The highest BCUT2D eigenvalue weighted by molar-refractivity contribution is 7.92. The van der Waals surface area contributed by atoms with Crippen molar-refractivity contribution < 1.29 is 36.3 Å².